The lowest BCUT2D eigenvalue weighted by Crippen LogP contribution is -2.48. The van der Waals surface area contributed by atoms with Gasteiger partial charge in [0.2, 0.25) is 12.7 Å². The topological polar surface area (TPSA) is 90.9 Å². The third-order valence-electron chi connectivity index (χ3n) is 7.19. The molecule has 6 rings (SSSR count). The first-order valence-corrected chi connectivity index (χ1v) is 10.8. The molecule has 1 amide bonds. The molecule has 4 saturated carbocycles. The van der Waals surface area contributed by atoms with Crippen LogP contribution < -0.4 is 14.8 Å². The zero-order chi connectivity index (χ0) is 20.7. The van der Waals surface area contributed by atoms with Gasteiger partial charge >= 0.3 is 5.97 Å². The minimum absolute atomic E-state index is 0.0870. The van der Waals surface area contributed by atoms with Crippen LogP contribution in [0.15, 0.2) is 18.2 Å². The van der Waals surface area contributed by atoms with Crippen LogP contribution in [0.25, 0.3) is 0 Å². The predicted molar refractivity (Wildman–Crippen MR) is 106 cm³/mol. The van der Waals surface area contributed by atoms with E-state index in [1.807, 2.05) is 0 Å². The number of fused-ring (bicyclic) bond motifs is 1. The van der Waals surface area contributed by atoms with Gasteiger partial charge < -0.3 is 19.5 Å². The van der Waals surface area contributed by atoms with Crippen LogP contribution in [0, 0.1) is 23.2 Å². The summed E-state index contributed by atoms with van der Waals surface area (Å²) in [4.78, 5) is 36.7. The number of nitrogens with one attached hydrogen (secondary N) is 1. The lowest BCUT2D eigenvalue weighted by atomic mass is 9.49. The van der Waals surface area contributed by atoms with Crippen LogP contribution in [0.5, 0.6) is 11.5 Å². The molecule has 1 N–H and O–H groups in total. The third kappa shape index (κ3) is 3.89. The normalized spacial score (nSPS) is 30.2. The van der Waals surface area contributed by atoms with E-state index in [9.17, 15) is 14.4 Å². The van der Waals surface area contributed by atoms with E-state index in [4.69, 9.17) is 14.2 Å². The summed E-state index contributed by atoms with van der Waals surface area (Å²) in [5, 5.41) is 2.69. The highest BCUT2D eigenvalue weighted by Crippen LogP contribution is 2.61. The number of amides is 1. The van der Waals surface area contributed by atoms with E-state index in [1.54, 1.807) is 18.2 Å². The van der Waals surface area contributed by atoms with Gasteiger partial charge in [0.15, 0.2) is 23.9 Å². The Hall–Kier alpha value is -2.57. The lowest BCUT2D eigenvalue weighted by Gasteiger charge is -2.56. The predicted octanol–water partition coefficient (Wildman–Crippen LogP) is 2.86. The summed E-state index contributed by atoms with van der Waals surface area (Å²) in [5.41, 5.74) is 0.524. The molecule has 0 atom stereocenters. The van der Waals surface area contributed by atoms with Crippen LogP contribution in [-0.4, -0.2) is 37.6 Å². The first kappa shape index (κ1) is 19.4. The van der Waals surface area contributed by atoms with E-state index in [2.05, 4.69) is 5.32 Å². The quantitative estimate of drug-likeness (QED) is 0.546. The van der Waals surface area contributed by atoms with E-state index in [0.717, 1.165) is 37.0 Å². The summed E-state index contributed by atoms with van der Waals surface area (Å²) < 4.78 is 15.5. The van der Waals surface area contributed by atoms with E-state index < -0.39 is 5.97 Å². The van der Waals surface area contributed by atoms with Gasteiger partial charge in [-0.1, -0.05) is 0 Å². The maximum absolute atomic E-state index is 12.5. The first-order valence-electron chi connectivity index (χ1n) is 10.8. The second kappa shape index (κ2) is 7.60. The molecule has 4 bridgehead atoms. The van der Waals surface area contributed by atoms with Crippen LogP contribution in [-0.2, 0) is 14.3 Å². The second-order valence-corrected chi connectivity index (χ2v) is 9.52. The number of ketones is 1. The molecule has 4 fully saturated rings. The molecule has 5 aliphatic rings. The summed E-state index contributed by atoms with van der Waals surface area (Å²) in [7, 11) is 0. The summed E-state index contributed by atoms with van der Waals surface area (Å²) in [6.45, 7) is -0.451. The summed E-state index contributed by atoms with van der Waals surface area (Å²) in [6, 6.07) is 4.84. The molecule has 1 aromatic rings. The Morgan fingerprint density at radius 3 is 2.37 bits per heavy atom. The van der Waals surface area contributed by atoms with E-state index in [1.165, 1.54) is 19.3 Å². The molecule has 0 aromatic heterocycles. The average molecular weight is 413 g/mol. The second-order valence-electron chi connectivity index (χ2n) is 9.52. The van der Waals surface area contributed by atoms with Gasteiger partial charge in [-0.3, -0.25) is 14.4 Å². The third-order valence-corrected chi connectivity index (χ3v) is 7.19. The molecule has 0 radical (unpaired) electrons. The molecule has 7 heteroatoms. The van der Waals surface area contributed by atoms with Crippen molar-refractivity contribution in [1.29, 1.82) is 0 Å². The van der Waals surface area contributed by atoms with Crippen LogP contribution in [0.2, 0.25) is 0 Å². The van der Waals surface area contributed by atoms with Crippen molar-refractivity contribution in [3.8, 4) is 11.5 Å². The molecule has 4 aliphatic carbocycles. The number of carbonyl (C=O) groups is 3. The molecule has 1 aromatic carbocycles. The van der Waals surface area contributed by atoms with E-state index in [0.29, 0.717) is 23.5 Å². The number of benzene rings is 1. The van der Waals surface area contributed by atoms with Crippen molar-refractivity contribution in [2.45, 2.75) is 44.9 Å². The molecular weight excluding hydrogens is 386 g/mol. The smallest absolute Gasteiger partial charge is 0.325 e. The van der Waals surface area contributed by atoms with Crippen molar-refractivity contribution < 1.29 is 28.6 Å². The zero-order valence-corrected chi connectivity index (χ0v) is 17.0. The van der Waals surface area contributed by atoms with Crippen molar-refractivity contribution in [3.05, 3.63) is 23.8 Å². The number of Topliss-reactive ketones (excluding diaryl/α,β-unsaturated/α-hetero) is 1. The molecule has 1 heterocycles. The Morgan fingerprint density at radius 1 is 1.00 bits per heavy atom. The van der Waals surface area contributed by atoms with Crippen LogP contribution >= 0.6 is 0 Å². The van der Waals surface area contributed by atoms with Gasteiger partial charge in [-0.2, -0.15) is 0 Å². The Balaban J connectivity index is 1.07. The maximum Gasteiger partial charge on any atom is 0.325 e. The highest BCUT2D eigenvalue weighted by molar-refractivity contribution is 5.98. The van der Waals surface area contributed by atoms with Crippen molar-refractivity contribution in [2.24, 2.45) is 23.2 Å². The van der Waals surface area contributed by atoms with Crippen LogP contribution in [0.1, 0.15) is 55.3 Å². The van der Waals surface area contributed by atoms with Gasteiger partial charge in [-0.15, -0.1) is 0 Å². The van der Waals surface area contributed by atoms with Crippen LogP contribution in [0.4, 0.5) is 0 Å². The fraction of sp³-hybridized carbons (Fsp3) is 0.609. The number of carbonyl (C=O) groups excluding carboxylic acids is 3. The Kier molecular flexibility index (Phi) is 4.91. The summed E-state index contributed by atoms with van der Waals surface area (Å²) >= 11 is 0. The maximum atomic E-state index is 12.5. The minimum Gasteiger partial charge on any atom is -0.456 e. The molecule has 0 unspecified atom stereocenters. The largest absolute Gasteiger partial charge is 0.456 e. The Bertz CT molecular complexity index is 843. The Labute approximate surface area is 175 Å². The van der Waals surface area contributed by atoms with Gasteiger partial charge in [0.25, 0.3) is 0 Å². The monoisotopic (exact) mass is 413 g/mol. The van der Waals surface area contributed by atoms with Crippen molar-refractivity contribution in [3.63, 3.8) is 0 Å². The molecule has 160 valence electrons. The Morgan fingerprint density at radius 2 is 1.67 bits per heavy atom. The zero-order valence-electron chi connectivity index (χ0n) is 17.0. The van der Waals surface area contributed by atoms with Gasteiger partial charge in [-0.25, -0.2) is 0 Å². The van der Waals surface area contributed by atoms with Crippen molar-refractivity contribution in [2.75, 3.05) is 19.9 Å². The summed E-state index contributed by atoms with van der Waals surface area (Å²) in [6.07, 6.45) is 7.97. The average Bonchev–Trinajstić information content (AvgIpc) is 3.17. The van der Waals surface area contributed by atoms with Crippen molar-refractivity contribution >= 4 is 17.7 Å². The fourth-order valence-electron chi connectivity index (χ4n) is 6.43. The van der Waals surface area contributed by atoms with Gasteiger partial charge in [0.1, 0.15) is 6.54 Å². The molecule has 1 aliphatic heterocycles. The molecule has 0 spiro atoms. The molecule has 0 saturated heterocycles. The summed E-state index contributed by atoms with van der Waals surface area (Å²) in [5.74, 6) is 2.43. The first-order chi connectivity index (χ1) is 14.5. The molecule has 30 heavy (non-hydrogen) atoms. The van der Waals surface area contributed by atoms with Gasteiger partial charge in [-0.05, 0) is 79.9 Å². The highest BCUT2D eigenvalue weighted by Gasteiger charge is 2.51. The van der Waals surface area contributed by atoms with Crippen LogP contribution in [0.3, 0.4) is 0 Å². The lowest BCUT2D eigenvalue weighted by molar-refractivity contribution is -0.143. The standard InChI is InChI=1S/C23H27NO6/c25-18(17-1-2-19-20(6-17)30-13-29-19)12-28-22(27)11-24-21(26)10-23-7-14-3-15(8-23)5-16(4-14)9-23/h1-2,6,14-16H,3-5,7-13H2,(H,24,26). The number of esters is 1. The molecular formula is C23H27NO6. The SMILES string of the molecule is O=C(CC12CC3CC(CC(C3)C1)C2)NCC(=O)OCC(=O)c1ccc2c(c1)OCO2. The van der Waals surface area contributed by atoms with E-state index in [-0.39, 0.29) is 37.0 Å². The number of rotatable bonds is 7. The van der Waals surface area contributed by atoms with Gasteiger partial charge in [0, 0.05) is 12.0 Å². The van der Waals surface area contributed by atoms with E-state index >= 15 is 0 Å². The number of hydrogen-bond acceptors (Lipinski definition) is 6. The highest BCUT2D eigenvalue weighted by atomic mass is 16.7. The number of hydrogen-bond donors (Lipinski definition) is 1. The fourth-order valence-corrected chi connectivity index (χ4v) is 6.43. The number of ether oxygens (including phenoxy) is 3. The molecule has 7 nitrogen and oxygen atoms in total. The minimum atomic E-state index is -0.608. The van der Waals surface area contributed by atoms with Gasteiger partial charge in [0.05, 0.1) is 0 Å². The van der Waals surface area contributed by atoms with Crippen molar-refractivity contribution in [1.82, 2.24) is 5.32 Å².